The van der Waals surface area contributed by atoms with E-state index in [4.69, 9.17) is 14.4 Å². The van der Waals surface area contributed by atoms with Crippen LogP contribution in [0.3, 0.4) is 0 Å². The molecule has 1 aliphatic rings. The summed E-state index contributed by atoms with van der Waals surface area (Å²) in [5.74, 6) is 1.33. The lowest BCUT2D eigenvalue weighted by molar-refractivity contribution is 0.659. The van der Waals surface area contributed by atoms with Crippen molar-refractivity contribution in [3.8, 4) is 11.4 Å². The van der Waals surface area contributed by atoms with Gasteiger partial charge in [-0.25, -0.2) is 9.98 Å². The monoisotopic (exact) mass is 781 g/mol. The van der Waals surface area contributed by atoms with E-state index in [1.165, 1.54) is 26.9 Å². The average molecular weight is 782 g/mol. The number of benzene rings is 9. The lowest BCUT2D eigenvalue weighted by Gasteiger charge is -2.24. The van der Waals surface area contributed by atoms with Gasteiger partial charge in [0.2, 0.25) is 0 Å². The zero-order valence-electron chi connectivity index (χ0n) is 32.8. The SMILES string of the molecule is c1ccc(C2N=C(c3cccc4c5ccccc5n(-c5ccccc5)c34)N=C(c3cc(-n4c5ccccc5c5cc6ccccc6cc54)cc4c3oc3ccccc34)N2)cc1. The molecule has 1 atom stereocenters. The zero-order chi connectivity index (χ0) is 40.0. The lowest BCUT2D eigenvalue weighted by atomic mass is 10.0. The van der Waals surface area contributed by atoms with Crippen LogP contribution in [0.15, 0.2) is 215 Å². The maximum absolute atomic E-state index is 6.84. The zero-order valence-corrected chi connectivity index (χ0v) is 32.8. The van der Waals surface area contributed by atoms with Crippen LogP contribution < -0.4 is 5.32 Å². The predicted octanol–water partition coefficient (Wildman–Crippen LogP) is 13.4. The van der Waals surface area contributed by atoms with E-state index in [0.717, 1.165) is 77.5 Å². The Balaban J connectivity index is 1.11. The van der Waals surface area contributed by atoms with Crippen LogP contribution in [0.4, 0.5) is 0 Å². The Morgan fingerprint density at radius 1 is 0.443 bits per heavy atom. The first-order chi connectivity index (χ1) is 30.2. The van der Waals surface area contributed by atoms with Crippen LogP contribution in [0.1, 0.15) is 22.9 Å². The van der Waals surface area contributed by atoms with Gasteiger partial charge in [-0.3, -0.25) is 0 Å². The van der Waals surface area contributed by atoms with Gasteiger partial charge in [0.25, 0.3) is 0 Å². The van der Waals surface area contributed by atoms with E-state index < -0.39 is 6.17 Å². The van der Waals surface area contributed by atoms with Gasteiger partial charge in [0, 0.05) is 49.3 Å². The number of amidine groups is 2. The fourth-order valence-electron chi connectivity index (χ4n) is 9.61. The Kier molecular flexibility index (Phi) is 7.27. The van der Waals surface area contributed by atoms with E-state index in [9.17, 15) is 0 Å². The first-order valence-electron chi connectivity index (χ1n) is 20.7. The van der Waals surface area contributed by atoms with E-state index in [1.54, 1.807) is 0 Å². The molecule has 3 aromatic heterocycles. The number of hydrogen-bond acceptors (Lipinski definition) is 4. The summed E-state index contributed by atoms with van der Waals surface area (Å²) in [5.41, 5.74) is 11.0. The third-order valence-corrected chi connectivity index (χ3v) is 12.3. The Morgan fingerprint density at radius 3 is 1.89 bits per heavy atom. The van der Waals surface area contributed by atoms with Crippen molar-refractivity contribution < 1.29 is 4.42 Å². The summed E-state index contributed by atoms with van der Waals surface area (Å²) >= 11 is 0. The topological polar surface area (TPSA) is 59.8 Å². The molecule has 0 bridgehead atoms. The molecule has 12 aromatic rings. The summed E-state index contributed by atoms with van der Waals surface area (Å²) in [6, 6.07) is 70.8. The minimum absolute atomic E-state index is 0.420. The highest BCUT2D eigenvalue weighted by Crippen LogP contribution is 2.40. The molecule has 286 valence electrons. The molecule has 13 rings (SSSR count). The van der Waals surface area contributed by atoms with Crippen molar-refractivity contribution in [3.05, 3.63) is 217 Å². The molecular weight excluding hydrogens is 747 g/mol. The molecule has 1 aliphatic heterocycles. The molecule has 0 amide bonds. The molecule has 9 aromatic carbocycles. The molecule has 6 nitrogen and oxygen atoms in total. The molecule has 61 heavy (non-hydrogen) atoms. The third kappa shape index (κ3) is 5.15. The van der Waals surface area contributed by atoms with Crippen LogP contribution in [0, 0.1) is 0 Å². The van der Waals surface area contributed by atoms with E-state index in [-0.39, 0.29) is 0 Å². The molecule has 0 saturated heterocycles. The second kappa shape index (κ2) is 13.1. The summed E-state index contributed by atoms with van der Waals surface area (Å²) < 4.78 is 11.6. The van der Waals surface area contributed by atoms with E-state index in [1.807, 2.05) is 18.2 Å². The van der Waals surface area contributed by atoms with Gasteiger partial charge in [-0.1, -0.05) is 140 Å². The average Bonchev–Trinajstić information content (AvgIpc) is 3.98. The van der Waals surface area contributed by atoms with Crippen LogP contribution in [0.25, 0.3) is 87.7 Å². The number of nitrogens with one attached hydrogen (secondary N) is 1. The second-order valence-electron chi connectivity index (χ2n) is 15.8. The van der Waals surface area contributed by atoms with E-state index in [0.29, 0.717) is 11.7 Å². The largest absolute Gasteiger partial charge is 0.455 e. The smallest absolute Gasteiger partial charge is 0.161 e. The van der Waals surface area contributed by atoms with Crippen LogP contribution in [-0.4, -0.2) is 20.8 Å². The summed E-state index contributed by atoms with van der Waals surface area (Å²) in [5, 5.41) is 13.0. The van der Waals surface area contributed by atoms with Crippen LogP contribution >= 0.6 is 0 Å². The Labute approximate surface area is 349 Å². The third-order valence-electron chi connectivity index (χ3n) is 12.3. The van der Waals surface area contributed by atoms with Gasteiger partial charge in [-0.15, -0.1) is 0 Å². The minimum atomic E-state index is -0.420. The second-order valence-corrected chi connectivity index (χ2v) is 15.8. The van der Waals surface area contributed by atoms with Gasteiger partial charge in [-0.05, 0) is 77.0 Å². The fraction of sp³-hybridized carbons (Fsp3) is 0.0182. The highest BCUT2D eigenvalue weighted by molar-refractivity contribution is 6.24. The number of aliphatic imine (C=N–C) groups is 2. The Bertz CT molecular complexity index is 3800. The minimum Gasteiger partial charge on any atom is -0.455 e. The molecule has 0 aliphatic carbocycles. The first kappa shape index (κ1) is 33.7. The van der Waals surface area contributed by atoms with Crippen LogP contribution in [-0.2, 0) is 0 Å². The molecule has 1 unspecified atom stereocenters. The first-order valence-corrected chi connectivity index (χ1v) is 20.7. The van der Waals surface area contributed by atoms with Crippen molar-refractivity contribution in [2.45, 2.75) is 6.17 Å². The van der Waals surface area contributed by atoms with Gasteiger partial charge >= 0.3 is 0 Å². The van der Waals surface area contributed by atoms with Crippen molar-refractivity contribution in [2.75, 3.05) is 0 Å². The summed E-state index contributed by atoms with van der Waals surface area (Å²) in [4.78, 5) is 11.0. The Hall–Kier alpha value is -8.22. The Morgan fingerprint density at radius 2 is 1.08 bits per heavy atom. The van der Waals surface area contributed by atoms with Gasteiger partial charge in [0.05, 0.1) is 27.6 Å². The number of hydrogen-bond donors (Lipinski definition) is 1. The highest BCUT2D eigenvalue weighted by atomic mass is 16.3. The molecule has 0 fully saturated rings. The van der Waals surface area contributed by atoms with Gasteiger partial charge in [0.1, 0.15) is 23.2 Å². The number of nitrogens with zero attached hydrogens (tertiary/aromatic N) is 4. The number of rotatable bonds is 5. The quantitative estimate of drug-likeness (QED) is 0.189. The van der Waals surface area contributed by atoms with Crippen LogP contribution in [0.2, 0.25) is 0 Å². The number of furan rings is 1. The van der Waals surface area contributed by atoms with Crippen molar-refractivity contribution in [1.82, 2.24) is 14.5 Å². The highest BCUT2D eigenvalue weighted by Gasteiger charge is 2.27. The van der Waals surface area contributed by atoms with Crippen LogP contribution in [0.5, 0.6) is 0 Å². The summed E-state index contributed by atoms with van der Waals surface area (Å²) in [6.45, 7) is 0. The fourth-order valence-corrected chi connectivity index (χ4v) is 9.61. The normalized spacial score (nSPS) is 14.4. The molecule has 0 saturated carbocycles. The molecule has 1 N–H and O–H groups in total. The van der Waals surface area contributed by atoms with Gasteiger partial charge in [0.15, 0.2) is 5.84 Å². The van der Waals surface area contributed by atoms with Gasteiger partial charge < -0.3 is 18.9 Å². The van der Waals surface area contributed by atoms with Crippen molar-refractivity contribution in [3.63, 3.8) is 0 Å². The lowest BCUT2D eigenvalue weighted by Crippen LogP contribution is -2.33. The maximum Gasteiger partial charge on any atom is 0.161 e. The van der Waals surface area contributed by atoms with Gasteiger partial charge in [-0.2, -0.15) is 0 Å². The number of para-hydroxylation sites is 5. The summed E-state index contributed by atoms with van der Waals surface area (Å²) in [7, 11) is 0. The predicted molar refractivity (Wildman–Crippen MR) is 252 cm³/mol. The van der Waals surface area contributed by atoms with E-state index in [2.05, 4.69) is 196 Å². The molecular formula is C55H35N5O. The molecule has 6 heteroatoms. The standard InChI is InChI=1S/C55H35N5O/c1-3-16-34(17-4-1)53-56-54(43-26-15-25-42-39-22-9-13-28-48(39)60(51(42)43)37-20-5-2-6-21-37)58-55(57-53)46-33-38(32-45-41-24-11-14-29-50(41)61-52(45)46)59-47-27-12-10-23-40(47)44-30-35-18-7-8-19-36(35)31-49(44)59/h1-33,53H,(H,56,57,58). The van der Waals surface area contributed by atoms with E-state index >= 15 is 0 Å². The number of fused-ring (bicyclic) bond motifs is 10. The molecule has 0 spiro atoms. The molecule has 0 radical (unpaired) electrons. The molecule has 4 heterocycles. The maximum atomic E-state index is 6.84. The number of aromatic nitrogens is 2. The summed E-state index contributed by atoms with van der Waals surface area (Å²) in [6.07, 6.45) is -0.420. The van der Waals surface area contributed by atoms with Crippen molar-refractivity contribution in [1.29, 1.82) is 0 Å². The van der Waals surface area contributed by atoms with Crippen molar-refractivity contribution in [2.24, 2.45) is 9.98 Å². The van der Waals surface area contributed by atoms with Crippen molar-refractivity contribution >= 4 is 88.0 Å².